The first-order chi connectivity index (χ1) is 8.69. The molecular weight excluding hydrogens is 240 g/mol. The number of nitrogens with zero attached hydrogens (tertiary/aromatic N) is 1. The van der Waals surface area contributed by atoms with E-state index in [1.54, 1.807) is 36.2 Å². The Kier molecular flexibility index (Phi) is 4.70. The predicted molar refractivity (Wildman–Crippen MR) is 77.2 cm³/mol. The summed E-state index contributed by atoms with van der Waals surface area (Å²) in [6.45, 7) is 8.43. The average molecular weight is 262 g/mol. The normalized spacial score (nSPS) is 11.0. The third-order valence-corrected chi connectivity index (χ3v) is 2.51. The standard InChI is InChI=1S/C15H22N2O2/c1-11(18)16-13-8-6-12(7-9-13)14(19)17(5)10-15(2,3)4/h6-9H,10H2,1-5H3,(H,16,18). The van der Waals surface area contributed by atoms with Gasteiger partial charge in [-0.3, -0.25) is 9.59 Å². The zero-order valence-electron chi connectivity index (χ0n) is 12.3. The van der Waals surface area contributed by atoms with E-state index in [-0.39, 0.29) is 17.2 Å². The van der Waals surface area contributed by atoms with Gasteiger partial charge in [-0.2, -0.15) is 0 Å². The third kappa shape index (κ3) is 5.12. The molecule has 19 heavy (non-hydrogen) atoms. The summed E-state index contributed by atoms with van der Waals surface area (Å²) in [7, 11) is 1.80. The highest BCUT2D eigenvalue weighted by Gasteiger charge is 2.18. The summed E-state index contributed by atoms with van der Waals surface area (Å²) in [5, 5.41) is 2.67. The Balaban J connectivity index is 2.75. The van der Waals surface area contributed by atoms with Crippen LogP contribution in [0.4, 0.5) is 5.69 Å². The number of hydrogen-bond acceptors (Lipinski definition) is 2. The molecule has 0 spiro atoms. The van der Waals surface area contributed by atoms with Crippen molar-refractivity contribution in [2.24, 2.45) is 5.41 Å². The first-order valence-corrected chi connectivity index (χ1v) is 6.32. The molecule has 0 saturated heterocycles. The molecule has 0 aliphatic rings. The zero-order chi connectivity index (χ0) is 14.6. The highest BCUT2D eigenvalue weighted by Crippen LogP contribution is 2.17. The van der Waals surface area contributed by atoms with Crippen molar-refractivity contribution in [3.63, 3.8) is 0 Å². The minimum atomic E-state index is -0.121. The zero-order valence-corrected chi connectivity index (χ0v) is 12.3. The summed E-state index contributed by atoms with van der Waals surface area (Å²) < 4.78 is 0. The lowest BCUT2D eigenvalue weighted by atomic mass is 9.96. The molecule has 0 unspecified atom stereocenters. The highest BCUT2D eigenvalue weighted by atomic mass is 16.2. The second-order valence-corrected chi connectivity index (χ2v) is 5.98. The number of carbonyl (C=O) groups excluding carboxylic acids is 2. The Morgan fingerprint density at radius 2 is 1.68 bits per heavy atom. The van der Waals surface area contributed by atoms with Crippen molar-refractivity contribution in [1.82, 2.24) is 4.90 Å². The molecule has 1 aromatic carbocycles. The van der Waals surface area contributed by atoms with E-state index in [0.717, 1.165) is 0 Å². The van der Waals surface area contributed by atoms with Gasteiger partial charge in [-0.25, -0.2) is 0 Å². The van der Waals surface area contributed by atoms with Crippen molar-refractivity contribution in [2.75, 3.05) is 18.9 Å². The molecule has 0 aliphatic heterocycles. The number of nitrogens with one attached hydrogen (secondary N) is 1. The molecule has 0 saturated carbocycles. The van der Waals surface area contributed by atoms with E-state index in [0.29, 0.717) is 17.8 Å². The fraction of sp³-hybridized carbons (Fsp3) is 0.467. The molecule has 0 bridgehead atoms. The molecule has 4 heteroatoms. The van der Waals surface area contributed by atoms with Crippen molar-refractivity contribution >= 4 is 17.5 Å². The highest BCUT2D eigenvalue weighted by molar-refractivity contribution is 5.95. The second-order valence-electron chi connectivity index (χ2n) is 5.98. The second kappa shape index (κ2) is 5.87. The molecule has 1 rings (SSSR count). The van der Waals surface area contributed by atoms with Crippen LogP contribution in [0.1, 0.15) is 38.1 Å². The van der Waals surface area contributed by atoms with E-state index >= 15 is 0 Å². The van der Waals surface area contributed by atoms with Gasteiger partial charge in [0.2, 0.25) is 5.91 Å². The van der Waals surface area contributed by atoms with E-state index in [4.69, 9.17) is 0 Å². The van der Waals surface area contributed by atoms with Crippen LogP contribution < -0.4 is 5.32 Å². The molecule has 0 aromatic heterocycles. The maximum Gasteiger partial charge on any atom is 0.253 e. The van der Waals surface area contributed by atoms with Crippen LogP contribution in [0.3, 0.4) is 0 Å². The number of hydrogen-bond donors (Lipinski definition) is 1. The lowest BCUT2D eigenvalue weighted by Crippen LogP contribution is -2.34. The minimum absolute atomic E-state index is 0.00991. The van der Waals surface area contributed by atoms with Gasteiger partial charge in [0, 0.05) is 31.8 Å². The molecule has 4 nitrogen and oxygen atoms in total. The topological polar surface area (TPSA) is 49.4 Å². The molecule has 0 aliphatic carbocycles. The van der Waals surface area contributed by atoms with Crippen molar-refractivity contribution in [1.29, 1.82) is 0 Å². The Bertz CT molecular complexity index is 458. The van der Waals surface area contributed by atoms with Crippen molar-refractivity contribution < 1.29 is 9.59 Å². The monoisotopic (exact) mass is 262 g/mol. The molecule has 0 atom stereocenters. The number of benzene rings is 1. The Morgan fingerprint density at radius 1 is 1.16 bits per heavy atom. The van der Waals surface area contributed by atoms with E-state index < -0.39 is 0 Å². The largest absolute Gasteiger partial charge is 0.341 e. The summed E-state index contributed by atoms with van der Waals surface area (Å²) in [6, 6.07) is 6.93. The van der Waals surface area contributed by atoms with Gasteiger partial charge in [0.1, 0.15) is 0 Å². The maximum atomic E-state index is 12.2. The van der Waals surface area contributed by atoms with Crippen molar-refractivity contribution in [2.45, 2.75) is 27.7 Å². The molecule has 0 fully saturated rings. The van der Waals surface area contributed by atoms with Crippen LogP contribution >= 0.6 is 0 Å². The van der Waals surface area contributed by atoms with Crippen LogP contribution in [0.15, 0.2) is 24.3 Å². The quantitative estimate of drug-likeness (QED) is 0.910. The van der Waals surface area contributed by atoms with Crippen molar-refractivity contribution in [3.05, 3.63) is 29.8 Å². The van der Waals surface area contributed by atoms with E-state index in [2.05, 4.69) is 26.1 Å². The van der Waals surface area contributed by atoms with Gasteiger partial charge in [-0.15, -0.1) is 0 Å². The fourth-order valence-corrected chi connectivity index (χ4v) is 1.90. The number of carbonyl (C=O) groups is 2. The van der Waals surface area contributed by atoms with Gasteiger partial charge in [0.05, 0.1) is 0 Å². The number of rotatable bonds is 3. The van der Waals surface area contributed by atoms with E-state index in [1.807, 2.05) is 0 Å². The van der Waals surface area contributed by atoms with Crippen LogP contribution in [0.2, 0.25) is 0 Å². The molecule has 104 valence electrons. The number of amides is 2. The summed E-state index contributed by atoms with van der Waals surface area (Å²) in [5.74, 6) is -0.131. The van der Waals surface area contributed by atoms with Crippen LogP contribution in [-0.2, 0) is 4.79 Å². The van der Waals surface area contributed by atoms with Crippen LogP contribution in [0.25, 0.3) is 0 Å². The van der Waals surface area contributed by atoms with Crippen LogP contribution in [0.5, 0.6) is 0 Å². The van der Waals surface area contributed by atoms with E-state index in [1.165, 1.54) is 6.92 Å². The van der Waals surface area contributed by atoms with Gasteiger partial charge in [0.15, 0.2) is 0 Å². The lowest BCUT2D eigenvalue weighted by Gasteiger charge is -2.26. The molecular formula is C15H22N2O2. The third-order valence-electron chi connectivity index (χ3n) is 2.51. The first kappa shape index (κ1) is 15.2. The van der Waals surface area contributed by atoms with Gasteiger partial charge in [-0.1, -0.05) is 20.8 Å². The number of anilines is 1. The maximum absolute atomic E-state index is 12.2. The predicted octanol–water partition coefficient (Wildman–Crippen LogP) is 2.76. The molecule has 0 radical (unpaired) electrons. The van der Waals surface area contributed by atoms with Crippen LogP contribution in [0, 0.1) is 5.41 Å². The SMILES string of the molecule is CC(=O)Nc1ccc(C(=O)N(C)CC(C)(C)C)cc1. The molecule has 1 N–H and O–H groups in total. The average Bonchev–Trinajstić information content (AvgIpc) is 2.26. The van der Waals surface area contributed by atoms with Crippen molar-refractivity contribution in [3.8, 4) is 0 Å². The Hall–Kier alpha value is -1.84. The Morgan fingerprint density at radius 3 is 2.11 bits per heavy atom. The van der Waals surface area contributed by atoms with Gasteiger partial charge in [-0.05, 0) is 29.7 Å². The van der Waals surface area contributed by atoms with Gasteiger partial charge in [0.25, 0.3) is 5.91 Å². The fourth-order valence-electron chi connectivity index (χ4n) is 1.90. The first-order valence-electron chi connectivity index (χ1n) is 6.32. The van der Waals surface area contributed by atoms with Crippen LogP contribution in [-0.4, -0.2) is 30.3 Å². The summed E-state index contributed by atoms with van der Waals surface area (Å²) >= 11 is 0. The van der Waals surface area contributed by atoms with Gasteiger partial charge < -0.3 is 10.2 Å². The lowest BCUT2D eigenvalue weighted by molar-refractivity contribution is -0.114. The van der Waals surface area contributed by atoms with E-state index in [9.17, 15) is 9.59 Å². The minimum Gasteiger partial charge on any atom is -0.341 e. The molecule has 2 amide bonds. The summed E-state index contributed by atoms with van der Waals surface area (Å²) in [5.41, 5.74) is 1.39. The smallest absolute Gasteiger partial charge is 0.253 e. The molecule has 0 heterocycles. The molecule has 1 aromatic rings. The Labute approximate surface area is 114 Å². The van der Waals surface area contributed by atoms with Gasteiger partial charge >= 0.3 is 0 Å². The summed E-state index contributed by atoms with van der Waals surface area (Å²) in [4.78, 5) is 24.8. The summed E-state index contributed by atoms with van der Waals surface area (Å²) in [6.07, 6.45) is 0.